The van der Waals surface area contributed by atoms with Crippen LogP contribution in [0.4, 0.5) is 12.0 Å². The van der Waals surface area contributed by atoms with Crippen LogP contribution in [-0.4, -0.2) is 73.4 Å². The zero-order valence-electron chi connectivity index (χ0n) is 24.4. The minimum absolute atomic E-state index is 0.255. The van der Waals surface area contributed by atoms with E-state index in [4.69, 9.17) is 8.83 Å². The van der Waals surface area contributed by atoms with Crippen molar-refractivity contribution in [2.75, 3.05) is 33.6 Å². The zero-order valence-corrected chi connectivity index (χ0v) is 26.0. The largest absolute Gasteiger partial charge is 0.431 e. The van der Waals surface area contributed by atoms with Crippen LogP contribution < -0.4 is 21.5 Å². The van der Waals surface area contributed by atoms with Gasteiger partial charge in [0.1, 0.15) is 46.9 Å². The molecule has 0 saturated heterocycles. The molecule has 18 heteroatoms. The third-order valence-electron chi connectivity index (χ3n) is 5.94. The number of anilines is 2. The van der Waals surface area contributed by atoms with E-state index in [9.17, 15) is 36.0 Å². The van der Waals surface area contributed by atoms with Crippen molar-refractivity contribution >= 4 is 55.3 Å². The number of hydrazine groups is 1. The van der Waals surface area contributed by atoms with Crippen molar-refractivity contribution in [3.63, 3.8) is 0 Å². The summed E-state index contributed by atoms with van der Waals surface area (Å²) in [6.45, 7) is 3.81. The number of oxazole rings is 2. The molecule has 0 saturated carbocycles. The lowest BCUT2D eigenvalue weighted by Gasteiger charge is -2.08. The summed E-state index contributed by atoms with van der Waals surface area (Å²) in [7, 11) is -8.66. The number of carbonyl (C=O) groups excluding carboxylic acids is 4. The Bertz CT molecular complexity index is 1820. The second-order valence-electron chi connectivity index (χ2n) is 10.1. The Morgan fingerprint density at radius 2 is 0.891 bits per heavy atom. The van der Waals surface area contributed by atoms with E-state index in [1.54, 1.807) is 35.1 Å². The Labute approximate surface area is 262 Å². The number of hydrogen-bond donors (Lipinski definition) is 4. The zero-order chi connectivity index (χ0) is 33.5. The van der Waals surface area contributed by atoms with Gasteiger partial charge in [-0.2, -0.15) is 9.97 Å². The first kappa shape index (κ1) is 33.5. The van der Waals surface area contributed by atoms with E-state index in [0.29, 0.717) is 22.5 Å². The second-order valence-corrected chi connectivity index (χ2v) is 14.2. The summed E-state index contributed by atoms with van der Waals surface area (Å²) >= 11 is 0. The van der Waals surface area contributed by atoms with Gasteiger partial charge >= 0.3 is 12.0 Å². The average Bonchev–Trinajstić information content (AvgIpc) is 3.61. The van der Waals surface area contributed by atoms with Crippen molar-refractivity contribution in [1.29, 1.82) is 0 Å². The predicted molar refractivity (Wildman–Crippen MR) is 164 cm³/mol. The van der Waals surface area contributed by atoms with Gasteiger partial charge in [-0.05, 0) is 13.8 Å². The van der Waals surface area contributed by atoms with Crippen LogP contribution in [0, 0.1) is 13.8 Å². The molecule has 4 rings (SSSR count). The Kier molecular flexibility index (Phi) is 10.3. The summed E-state index contributed by atoms with van der Waals surface area (Å²) in [6, 6.07) is 14.0. The van der Waals surface area contributed by atoms with Crippen LogP contribution in [0.1, 0.15) is 11.1 Å². The summed E-state index contributed by atoms with van der Waals surface area (Å²) in [5.41, 5.74) is 7.77. The van der Waals surface area contributed by atoms with Gasteiger partial charge in [0.2, 0.25) is 11.8 Å². The van der Waals surface area contributed by atoms with Crippen LogP contribution >= 0.6 is 0 Å². The van der Waals surface area contributed by atoms with Crippen molar-refractivity contribution in [3.05, 3.63) is 72.2 Å². The monoisotopic (exact) mass is 672 g/mol. The highest BCUT2D eigenvalue weighted by atomic mass is 32.2. The molecule has 0 aliphatic rings. The van der Waals surface area contributed by atoms with E-state index in [1.165, 1.54) is 12.5 Å². The van der Waals surface area contributed by atoms with Crippen molar-refractivity contribution in [2.45, 2.75) is 13.8 Å². The van der Waals surface area contributed by atoms with Crippen LogP contribution in [0.15, 0.2) is 69.9 Å². The molecule has 0 radical (unpaired) electrons. The van der Waals surface area contributed by atoms with E-state index in [-0.39, 0.29) is 12.0 Å². The van der Waals surface area contributed by atoms with E-state index in [2.05, 4.69) is 20.6 Å². The summed E-state index contributed by atoms with van der Waals surface area (Å²) in [5.74, 6) is -9.21. The fraction of sp³-hybridized carbons (Fsp3) is 0.214. The minimum atomic E-state index is -4.33. The number of rotatable bonds is 12. The smallest absolute Gasteiger partial charge is 0.301 e. The highest BCUT2D eigenvalue weighted by Crippen LogP contribution is 2.22. The molecule has 0 spiro atoms. The number of benzene rings is 2. The lowest BCUT2D eigenvalue weighted by molar-refractivity contribution is -0.126. The van der Waals surface area contributed by atoms with Crippen molar-refractivity contribution in [1.82, 2.24) is 20.8 Å². The number of aryl methyl sites for hydroxylation is 2. The van der Waals surface area contributed by atoms with Gasteiger partial charge in [0.15, 0.2) is 19.7 Å². The number of carbonyl (C=O) groups is 4. The van der Waals surface area contributed by atoms with Crippen LogP contribution in [0.5, 0.6) is 0 Å². The third-order valence-corrected chi connectivity index (χ3v) is 8.75. The fourth-order valence-corrected chi connectivity index (χ4v) is 5.89. The van der Waals surface area contributed by atoms with Gasteiger partial charge in [-0.1, -0.05) is 59.7 Å². The number of sulfone groups is 2. The Morgan fingerprint density at radius 3 is 1.24 bits per heavy atom. The Balaban J connectivity index is 1.18. The molecule has 0 aliphatic carbocycles. The maximum absolute atomic E-state index is 12.3. The number of nitrogens with one attached hydrogen (secondary N) is 4. The minimum Gasteiger partial charge on any atom is -0.431 e. The van der Waals surface area contributed by atoms with Crippen molar-refractivity contribution < 1.29 is 44.8 Å². The maximum atomic E-state index is 12.3. The standard InChI is InChI=1S/C28H28N6O10S2/c1-17-3-7-19(8-4-17)21-11-43-27(29-21)31-23(35)13-45(39,40)15-25(37)33-34-26(38)16-46(41,42)14-24(36)32-28-30-22(12-44-28)20-9-5-18(2)6-10-20/h3-12H,13-16H2,1-2H3,(H,33,37)(H,34,38)(H,29,31,35)(H,30,32,36). The molecule has 242 valence electrons. The molecule has 4 N–H and O–H groups in total. The van der Waals surface area contributed by atoms with Gasteiger partial charge < -0.3 is 8.83 Å². The highest BCUT2D eigenvalue weighted by molar-refractivity contribution is 7.93. The Morgan fingerprint density at radius 1 is 0.565 bits per heavy atom. The molecule has 0 bridgehead atoms. The van der Waals surface area contributed by atoms with Crippen LogP contribution in [-0.2, 0) is 38.9 Å². The van der Waals surface area contributed by atoms with Gasteiger partial charge in [-0.3, -0.25) is 40.7 Å². The van der Waals surface area contributed by atoms with Gasteiger partial charge in [-0.15, -0.1) is 0 Å². The molecule has 2 aromatic heterocycles. The van der Waals surface area contributed by atoms with Crippen LogP contribution in [0.2, 0.25) is 0 Å². The molecule has 0 atom stereocenters. The van der Waals surface area contributed by atoms with Gasteiger partial charge in [0, 0.05) is 11.1 Å². The highest BCUT2D eigenvalue weighted by Gasteiger charge is 2.25. The molecular weight excluding hydrogens is 644 g/mol. The molecule has 2 aromatic carbocycles. The van der Waals surface area contributed by atoms with E-state index >= 15 is 0 Å². The summed E-state index contributed by atoms with van der Waals surface area (Å²) in [5, 5.41) is 4.37. The molecular formula is C28H28N6O10S2. The van der Waals surface area contributed by atoms with Gasteiger partial charge in [-0.25, -0.2) is 16.8 Å². The molecule has 46 heavy (non-hydrogen) atoms. The lowest BCUT2D eigenvalue weighted by Crippen LogP contribution is -2.47. The van der Waals surface area contributed by atoms with Crippen molar-refractivity contribution in [2.24, 2.45) is 0 Å². The van der Waals surface area contributed by atoms with Crippen LogP contribution in [0.25, 0.3) is 22.5 Å². The van der Waals surface area contributed by atoms with Crippen molar-refractivity contribution in [3.8, 4) is 22.5 Å². The number of hydrogen-bond acceptors (Lipinski definition) is 12. The molecule has 0 unspecified atom stereocenters. The number of aromatic nitrogens is 2. The maximum Gasteiger partial charge on any atom is 0.301 e. The first-order valence-electron chi connectivity index (χ1n) is 13.3. The summed E-state index contributed by atoms with van der Waals surface area (Å²) < 4.78 is 59.5. The SMILES string of the molecule is Cc1ccc(-c2coc(NC(=O)CS(=O)(=O)CC(=O)NNC(=O)CS(=O)(=O)CC(=O)Nc3nc(-c4ccc(C)cc4)co3)n2)cc1. The average molecular weight is 673 g/mol. The van der Waals surface area contributed by atoms with E-state index in [0.717, 1.165) is 11.1 Å². The van der Waals surface area contributed by atoms with Gasteiger partial charge in [0.05, 0.1) is 0 Å². The fourth-order valence-electron chi connectivity index (χ4n) is 3.80. The molecule has 2 heterocycles. The van der Waals surface area contributed by atoms with Crippen LogP contribution in [0.3, 0.4) is 0 Å². The number of amides is 4. The first-order valence-corrected chi connectivity index (χ1v) is 16.9. The topological polar surface area (TPSA) is 237 Å². The van der Waals surface area contributed by atoms with E-state index < -0.39 is 66.3 Å². The predicted octanol–water partition coefficient (Wildman–Crippen LogP) is 1.17. The summed E-state index contributed by atoms with van der Waals surface area (Å²) in [4.78, 5) is 56.7. The molecule has 4 amide bonds. The Hall–Kier alpha value is -5.36. The molecule has 4 aromatic rings. The quantitative estimate of drug-likeness (QED) is 0.155. The molecule has 16 nitrogen and oxygen atoms in total. The number of nitrogens with zero attached hydrogens (tertiary/aromatic N) is 2. The third kappa shape index (κ3) is 10.1. The summed E-state index contributed by atoms with van der Waals surface area (Å²) in [6.07, 6.45) is 2.55. The molecule has 0 aliphatic heterocycles. The molecule has 0 fully saturated rings. The van der Waals surface area contributed by atoms with Gasteiger partial charge in [0.25, 0.3) is 11.8 Å². The van der Waals surface area contributed by atoms with E-state index in [1.807, 2.05) is 38.1 Å². The normalized spacial score (nSPS) is 11.4. The lowest BCUT2D eigenvalue weighted by atomic mass is 10.1. The first-order chi connectivity index (χ1) is 21.7. The second kappa shape index (κ2) is 14.2.